The van der Waals surface area contributed by atoms with E-state index in [-0.39, 0.29) is 6.61 Å². The summed E-state index contributed by atoms with van der Waals surface area (Å²) in [5, 5.41) is 4.50. The highest BCUT2D eigenvalue weighted by molar-refractivity contribution is 7.98. The SMILES string of the molecule is Cc1ccc2c(COC(=O)c3ccccc3SCc3nc(C)no3)cc(=O)oc2c1. The van der Waals surface area contributed by atoms with E-state index in [1.54, 1.807) is 25.1 Å². The third-order valence-corrected chi connectivity index (χ3v) is 5.43. The lowest BCUT2D eigenvalue weighted by Gasteiger charge is -2.10. The van der Waals surface area contributed by atoms with Gasteiger partial charge >= 0.3 is 11.6 Å². The summed E-state index contributed by atoms with van der Waals surface area (Å²) in [5.41, 5.74) is 1.99. The summed E-state index contributed by atoms with van der Waals surface area (Å²) in [6.07, 6.45) is 0. The summed E-state index contributed by atoms with van der Waals surface area (Å²) in [6, 6.07) is 14.1. The zero-order valence-electron chi connectivity index (χ0n) is 16.4. The first kappa shape index (κ1) is 19.9. The molecule has 0 radical (unpaired) electrons. The minimum atomic E-state index is -0.482. The Morgan fingerprint density at radius 1 is 1.13 bits per heavy atom. The largest absolute Gasteiger partial charge is 0.457 e. The highest BCUT2D eigenvalue weighted by atomic mass is 32.2. The molecule has 2 aromatic heterocycles. The predicted octanol–water partition coefficient (Wildman–Crippen LogP) is 4.44. The molecule has 0 N–H and O–H groups in total. The number of benzene rings is 2. The first-order valence-corrected chi connectivity index (χ1v) is 10.2. The highest BCUT2D eigenvalue weighted by Gasteiger charge is 2.15. The number of ether oxygens (including phenoxy) is 1. The molecule has 2 heterocycles. The molecular weight excluding hydrogens is 404 g/mol. The molecule has 0 aliphatic heterocycles. The van der Waals surface area contributed by atoms with Gasteiger partial charge in [0, 0.05) is 21.9 Å². The zero-order chi connectivity index (χ0) is 21.1. The van der Waals surface area contributed by atoms with Crippen LogP contribution in [0.25, 0.3) is 11.0 Å². The molecule has 0 spiro atoms. The molecule has 4 aromatic rings. The van der Waals surface area contributed by atoms with E-state index in [9.17, 15) is 9.59 Å². The van der Waals surface area contributed by atoms with Gasteiger partial charge in [0.15, 0.2) is 5.82 Å². The maximum absolute atomic E-state index is 12.7. The fraction of sp³-hybridized carbons (Fsp3) is 0.182. The molecule has 0 unspecified atom stereocenters. The Morgan fingerprint density at radius 2 is 1.97 bits per heavy atom. The van der Waals surface area contributed by atoms with Crippen molar-refractivity contribution in [3.05, 3.63) is 87.4 Å². The fourth-order valence-corrected chi connectivity index (χ4v) is 3.85. The summed E-state index contributed by atoms with van der Waals surface area (Å²) in [6.45, 7) is 3.63. The minimum Gasteiger partial charge on any atom is -0.457 e. The summed E-state index contributed by atoms with van der Waals surface area (Å²) >= 11 is 1.41. The van der Waals surface area contributed by atoms with Crippen LogP contribution in [0.2, 0.25) is 0 Å². The van der Waals surface area contributed by atoms with E-state index in [1.807, 2.05) is 31.2 Å². The summed E-state index contributed by atoms with van der Waals surface area (Å²) in [5.74, 6) is 1.01. The Hall–Kier alpha value is -3.39. The third kappa shape index (κ3) is 4.44. The van der Waals surface area contributed by atoms with Gasteiger partial charge in [-0.3, -0.25) is 0 Å². The number of hydrogen-bond acceptors (Lipinski definition) is 8. The van der Waals surface area contributed by atoms with E-state index >= 15 is 0 Å². The van der Waals surface area contributed by atoms with Crippen molar-refractivity contribution in [2.45, 2.75) is 31.1 Å². The Bertz CT molecular complexity index is 1280. The van der Waals surface area contributed by atoms with Gasteiger partial charge < -0.3 is 13.7 Å². The van der Waals surface area contributed by atoms with Crippen LogP contribution in [-0.2, 0) is 17.1 Å². The number of aromatic nitrogens is 2. The quantitative estimate of drug-likeness (QED) is 0.256. The number of nitrogens with zero attached hydrogens (tertiary/aromatic N) is 2. The van der Waals surface area contributed by atoms with Gasteiger partial charge in [0.05, 0.1) is 11.3 Å². The maximum Gasteiger partial charge on any atom is 0.339 e. The predicted molar refractivity (Wildman–Crippen MR) is 111 cm³/mol. The lowest BCUT2D eigenvalue weighted by atomic mass is 10.1. The minimum absolute atomic E-state index is 0.0359. The molecule has 7 nitrogen and oxygen atoms in total. The van der Waals surface area contributed by atoms with Crippen LogP contribution in [0.4, 0.5) is 0 Å². The summed E-state index contributed by atoms with van der Waals surface area (Å²) < 4.78 is 15.9. The Labute approximate surface area is 176 Å². The Kier molecular flexibility index (Phi) is 5.67. The number of rotatable bonds is 6. The van der Waals surface area contributed by atoms with Gasteiger partial charge in [0.2, 0.25) is 5.89 Å². The number of thioether (sulfide) groups is 1. The van der Waals surface area contributed by atoms with E-state index in [0.717, 1.165) is 15.8 Å². The summed E-state index contributed by atoms with van der Waals surface area (Å²) in [7, 11) is 0. The second-order valence-electron chi connectivity index (χ2n) is 6.69. The van der Waals surface area contributed by atoms with E-state index < -0.39 is 11.6 Å². The van der Waals surface area contributed by atoms with Crippen molar-refractivity contribution < 1.29 is 18.5 Å². The number of hydrogen-bond donors (Lipinski definition) is 0. The molecule has 0 amide bonds. The lowest BCUT2D eigenvalue weighted by Crippen LogP contribution is -2.09. The van der Waals surface area contributed by atoms with Gasteiger partial charge in [0.1, 0.15) is 12.2 Å². The average molecular weight is 422 g/mol. The van der Waals surface area contributed by atoms with Gasteiger partial charge in [-0.1, -0.05) is 29.4 Å². The number of aryl methyl sites for hydroxylation is 2. The molecule has 0 aliphatic rings. The summed E-state index contributed by atoms with van der Waals surface area (Å²) in [4.78, 5) is 29.5. The van der Waals surface area contributed by atoms with Crippen LogP contribution in [0.15, 0.2) is 67.2 Å². The monoisotopic (exact) mass is 422 g/mol. The molecule has 152 valence electrons. The standard InChI is InChI=1S/C22H18N2O5S/c1-13-7-8-16-15(10-21(25)28-18(16)9-13)11-27-22(26)17-5-3-4-6-19(17)30-12-20-23-14(2)24-29-20/h3-10H,11-12H2,1-2H3. The van der Waals surface area contributed by atoms with Gasteiger partial charge in [-0.25, -0.2) is 9.59 Å². The van der Waals surface area contributed by atoms with Gasteiger partial charge in [-0.15, -0.1) is 11.8 Å². The molecule has 2 aromatic carbocycles. The van der Waals surface area contributed by atoms with Gasteiger partial charge in [0.25, 0.3) is 0 Å². The van der Waals surface area contributed by atoms with Gasteiger partial charge in [-0.05, 0) is 37.6 Å². The van der Waals surface area contributed by atoms with Crippen LogP contribution in [0.3, 0.4) is 0 Å². The van der Waals surface area contributed by atoms with Gasteiger partial charge in [-0.2, -0.15) is 4.98 Å². The first-order valence-electron chi connectivity index (χ1n) is 9.21. The van der Waals surface area contributed by atoms with E-state index in [4.69, 9.17) is 13.7 Å². The van der Waals surface area contributed by atoms with Crippen molar-refractivity contribution in [3.63, 3.8) is 0 Å². The number of fused-ring (bicyclic) bond motifs is 1. The molecule has 0 fully saturated rings. The van der Waals surface area contributed by atoms with Crippen LogP contribution in [0.5, 0.6) is 0 Å². The molecule has 0 saturated heterocycles. The van der Waals surface area contributed by atoms with Crippen molar-refractivity contribution in [1.29, 1.82) is 0 Å². The van der Waals surface area contributed by atoms with Crippen molar-refractivity contribution in [2.75, 3.05) is 0 Å². The van der Waals surface area contributed by atoms with Crippen LogP contribution < -0.4 is 5.63 Å². The highest BCUT2D eigenvalue weighted by Crippen LogP contribution is 2.27. The van der Waals surface area contributed by atoms with Crippen molar-refractivity contribution in [3.8, 4) is 0 Å². The van der Waals surface area contributed by atoms with Crippen molar-refractivity contribution in [2.24, 2.45) is 0 Å². The molecule has 8 heteroatoms. The first-order chi connectivity index (χ1) is 14.5. The van der Waals surface area contributed by atoms with Crippen LogP contribution >= 0.6 is 11.8 Å². The number of carbonyl (C=O) groups is 1. The average Bonchev–Trinajstić information content (AvgIpc) is 3.15. The smallest absolute Gasteiger partial charge is 0.339 e. The molecule has 0 atom stereocenters. The third-order valence-electron chi connectivity index (χ3n) is 4.37. The molecule has 0 aliphatic carbocycles. The van der Waals surface area contributed by atoms with Crippen molar-refractivity contribution >= 4 is 28.7 Å². The zero-order valence-corrected chi connectivity index (χ0v) is 17.2. The van der Waals surface area contributed by atoms with E-state index in [2.05, 4.69) is 10.1 Å². The lowest BCUT2D eigenvalue weighted by molar-refractivity contribution is 0.0469. The normalized spacial score (nSPS) is 11.0. The van der Waals surface area contributed by atoms with E-state index in [0.29, 0.717) is 34.2 Å². The Morgan fingerprint density at radius 3 is 2.77 bits per heavy atom. The molecule has 0 saturated carbocycles. The Balaban J connectivity index is 1.51. The van der Waals surface area contributed by atoms with Crippen LogP contribution in [-0.4, -0.2) is 16.1 Å². The van der Waals surface area contributed by atoms with E-state index in [1.165, 1.54) is 17.8 Å². The van der Waals surface area contributed by atoms with Crippen molar-refractivity contribution in [1.82, 2.24) is 10.1 Å². The number of esters is 1. The van der Waals surface area contributed by atoms with Crippen LogP contribution in [0.1, 0.15) is 33.2 Å². The molecule has 0 bridgehead atoms. The van der Waals surface area contributed by atoms with Crippen LogP contribution in [0, 0.1) is 13.8 Å². The maximum atomic E-state index is 12.7. The molecule has 4 rings (SSSR count). The second-order valence-corrected chi connectivity index (χ2v) is 7.70. The second kappa shape index (κ2) is 8.54. The fourth-order valence-electron chi connectivity index (χ4n) is 2.98. The topological polar surface area (TPSA) is 95.4 Å². The molecule has 30 heavy (non-hydrogen) atoms. The molecular formula is C22H18N2O5S. The number of carbonyl (C=O) groups excluding carboxylic acids is 1.